The van der Waals surface area contributed by atoms with Crippen molar-refractivity contribution in [2.24, 2.45) is 5.73 Å². The van der Waals surface area contributed by atoms with Crippen molar-refractivity contribution in [3.05, 3.63) is 35.9 Å². The number of nitrogens with two attached hydrogens (primary N) is 1. The number of ether oxygens (including phenoxy) is 1. The van der Waals surface area contributed by atoms with Crippen LogP contribution in [-0.2, 0) is 20.9 Å². The first-order valence-corrected chi connectivity index (χ1v) is 9.10. The maximum Gasteiger partial charge on any atom is 0.328 e. The number of rotatable bonds is 12. The van der Waals surface area contributed by atoms with E-state index in [-0.39, 0.29) is 18.5 Å². The molecule has 0 saturated heterocycles. The summed E-state index contributed by atoms with van der Waals surface area (Å²) in [6, 6.07) is 8.71. The molecule has 0 aliphatic rings. The highest BCUT2D eigenvalue weighted by Crippen LogP contribution is 2.06. The Morgan fingerprint density at radius 3 is 2.58 bits per heavy atom. The number of unbranched alkanes of at least 4 members (excludes halogenated alkanes) is 2. The predicted octanol–water partition coefficient (Wildman–Crippen LogP) is 2.06. The van der Waals surface area contributed by atoms with E-state index in [1.54, 1.807) is 0 Å². The quantitative estimate of drug-likeness (QED) is 0.196. The molecule has 26 heavy (non-hydrogen) atoms. The van der Waals surface area contributed by atoms with E-state index in [0.29, 0.717) is 25.8 Å². The maximum absolute atomic E-state index is 12.4. The van der Waals surface area contributed by atoms with E-state index < -0.39 is 12.0 Å². The van der Waals surface area contributed by atoms with Crippen LogP contribution in [0.15, 0.2) is 30.3 Å². The molecule has 1 aromatic carbocycles. The molecule has 7 heteroatoms. The zero-order valence-corrected chi connectivity index (χ0v) is 15.4. The van der Waals surface area contributed by atoms with Crippen LogP contribution in [0.5, 0.6) is 0 Å². The van der Waals surface area contributed by atoms with Gasteiger partial charge in [-0.3, -0.25) is 10.2 Å². The van der Waals surface area contributed by atoms with Crippen LogP contribution in [0.2, 0.25) is 0 Å². The van der Waals surface area contributed by atoms with E-state index in [0.717, 1.165) is 24.8 Å². The van der Waals surface area contributed by atoms with Crippen molar-refractivity contribution in [2.75, 3.05) is 6.54 Å². The third-order valence-corrected chi connectivity index (χ3v) is 3.84. The first-order valence-electron chi connectivity index (χ1n) is 9.10. The minimum Gasteiger partial charge on any atom is -0.459 e. The van der Waals surface area contributed by atoms with E-state index >= 15 is 0 Å². The summed E-state index contributed by atoms with van der Waals surface area (Å²) in [5, 5.41) is 12.6. The van der Waals surface area contributed by atoms with E-state index in [4.69, 9.17) is 15.9 Å². The number of carbonyl (C=O) groups is 2. The highest BCUT2D eigenvalue weighted by atomic mass is 16.5. The molecule has 1 atom stereocenters. The Hall–Kier alpha value is -2.57. The zero-order valence-electron chi connectivity index (χ0n) is 15.4. The number of benzene rings is 1. The Balaban J connectivity index is 2.52. The normalized spacial score (nSPS) is 11.4. The van der Waals surface area contributed by atoms with Gasteiger partial charge in [0, 0.05) is 13.0 Å². The second-order valence-electron chi connectivity index (χ2n) is 6.15. The second kappa shape index (κ2) is 12.7. The van der Waals surface area contributed by atoms with Crippen LogP contribution in [0, 0.1) is 5.41 Å². The summed E-state index contributed by atoms with van der Waals surface area (Å²) >= 11 is 0. The van der Waals surface area contributed by atoms with Crippen LogP contribution in [0.4, 0.5) is 0 Å². The molecule has 144 valence electrons. The topological polar surface area (TPSA) is 117 Å². The van der Waals surface area contributed by atoms with E-state index in [9.17, 15) is 9.59 Å². The third-order valence-electron chi connectivity index (χ3n) is 3.84. The third kappa shape index (κ3) is 9.66. The van der Waals surface area contributed by atoms with Crippen LogP contribution < -0.4 is 16.4 Å². The largest absolute Gasteiger partial charge is 0.459 e. The molecular formula is C19H30N4O3. The van der Waals surface area contributed by atoms with Gasteiger partial charge in [-0.2, -0.15) is 0 Å². The summed E-state index contributed by atoms with van der Waals surface area (Å²) in [6.07, 6.45) is 4.24. The van der Waals surface area contributed by atoms with Crippen molar-refractivity contribution in [3.63, 3.8) is 0 Å². The van der Waals surface area contributed by atoms with Gasteiger partial charge in [0.25, 0.3) is 0 Å². The van der Waals surface area contributed by atoms with Gasteiger partial charge in [-0.15, -0.1) is 0 Å². The van der Waals surface area contributed by atoms with E-state index in [1.165, 1.54) is 0 Å². The molecule has 0 saturated carbocycles. The molecule has 0 aromatic heterocycles. The molecular weight excluding hydrogens is 332 g/mol. The molecule has 0 bridgehead atoms. The SMILES string of the molecule is CCCCCC(=O)NC(CCCNC(=N)N)C(=O)OCc1ccccc1. The Morgan fingerprint density at radius 1 is 1.19 bits per heavy atom. The van der Waals surface area contributed by atoms with Gasteiger partial charge in [0.05, 0.1) is 0 Å². The number of nitrogens with one attached hydrogen (secondary N) is 3. The lowest BCUT2D eigenvalue weighted by atomic mass is 10.1. The highest BCUT2D eigenvalue weighted by molar-refractivity contribution is 5.84. The Labute approximate surface area is 155 Å². The predicted molar refractivity (Wildman–Crippen MR) is 101 cm³/mol. The van der Waals surface area contributed by atoms with Gasteiger partial charge in [-0.05, 0) is 24.8 Å². The second-order valence-corrected chi connectivity index (χ2v) is 6.15. The fraction of sp³-hybridized carbons (Fsp3) is 0.526. The van der Waals surface area contributed by atoms with Crippen LogP contribution in [0.3, 0.4) is 0 Å². The van der Waals surface area contributed by atoms with Crippen molar-refractivity contribution in [1.82, 2.24) is 10.6 Å². The Morgan fingerprint density at radius 2 is 1.92 bits per heavy atom. The summed E-state index contributed by atoms with van der Waals surface area (Å²) in [5.41, 5.74) is 6.14. The number of carbonyl (C=O) groups excluding carboxylic acids is 2. The fourth-order valence-electron chi connectivity index (χ4n) is 2.41. The molecule has 0 spiro atoms. The summed E-state index contributed by atoms with van der Waals surface area (Å²) in [6.45, 7) is 2.71. The van der Waals surface area contributed by atoms with Crippen LogP contribution in [0.25, 0.3) is 0 Å². The first-order chi connectivity index (χ1) is 12.5. The standard InChI is InChI=1S/C19H30N4O3/c1-2-3-5-12-17(24)23-16(11-8-13-22-19(20)21)18(25)26-14-15-9-6-4-7-10-15/h4,6-7,9-10,16H,2-3,5,8,11-14H2,1H3,(H,23,24)(H4,20,21,22). The van der Waals surface area contributed by atoms with Crippen molar-refractivity contribution < 1.29 is 14.3 Å². The van der Waals surface area contributed by atoms with Gasteiger partial charge in [0.15, 0.2) is 5.96 Å². The molecule has 7 nitrogen and oxygen atoms in total. The van der Waals surface area contributed by atoms with Crippen LogP contribution >= 0.6 is 0 Å². The molecule has 1 rings (SSSR count). The van der Waals surface area contributed by atoms with E-state index in [1.807, 2.05) is 30.3 Å². The molecule has 0 aliphatic heterocycles. The van der Waals surface area contributed by atoms with Crippen molar-refractivity contribution in [1.29, 1.82) is 5.41 Å². The number of hydrogen-bond acceptors (Lipinski definition) is 4. The zero-order chi connectivity index (χ0) is 19.2. The smallest absolute Gasteiger partial charge is 0.328 e. The van der Waals surface area contributed by atoms with Crippen molar-refractivity contribution in [2.45, 2.75) is 58.1 Å². The maximum atomic E-state index is 12.4. The Kier molecular flexibility index (Phi) is 10.5. The summed E-state index contributed by atoms with van der Waals surface area (Å²) in [5.74, 6) is -0.697. The van der Waals surface area contributed by atoms with E-state index in [2.05, 4.69) is 17.6 Å². The van der Waals surface area contributed by atoms with Gasteiger partial charge in [-0.25, -0.2) is 4.79 Å². The van der Waals surface area contributed by atoms with Gasteiger partial charge < -0.3 is 21.1 Å². The molecule has 0 aliphatic carbocycles. The summed E-state index contributed by atoms with van der Waals surface area (Å²) in [4.78, 5) is 24.4. The Bertz CT molecular complexity index is 563. The monoisotopic (exact) mass is 362 g/mol. The number of amides is 1. The van der Waals surface area contributed by atoms with Crippen LogP contribution in [-0.4, -0.2) is 30.4 Å². The van der Waals surface area contributed by atoms with Gasteiger partial charge in [-0.1, -0.05) is 50.1 Å². The summed E-state index contributed by atoms with van der Waals surface area (Å²) < 4.78 is 5.35. The molecule has 5 N–H and O–H groups in total. The number of guanidine groups is 1. The minimum atomic E-state index is -0.693. The number of hydrogen-bond donors (Lipinski definition) is 4. The van der Waals surface area contributed by atoms with Gasteiger partial charge in [0.1, 0.15) is 12.6 Å². The highest BCUT2D eigenvalue weighted by Gasteiger charge is 2.21. The van der Waals surface area contributed by atoms with Gasteiger partial charge in [0.2, 0.25) is 5.91 Å². The number of esters is 1. The lowest BCUT2D eigenvalue weighted by Crippen LogP contribution is -2.42. The minimum absolute atomic E-state index is 0.114. The van der Waals surface area contributed by atoms with Gasteiger partial charge >= 0.3 is 5.97 Å². The fourth-order valence-corrected chi connectivity index (χ4v) is 2.41. The summed E-state index contributed by atoms with van der Waals surface area (Å²) in [7, 11) is 0. The lowest BCUT2D eigenvalue weighted by molar-refractivity contribution is -0.149. The first kappa shape index (κ1) is 21.5. The molecule has 0 heterocycles. The van der Waals surface area contributed by atoms with Crippen molar-refractivity contribution in [3.8, 4) is 0 Å². The average Bonchev–Trinajstić information content (AvgIpc) is 2.63. The lowest BCUT2D eigenvalue weighted by Gasteiger charge is -2.18. The molecule has 1 unspecified atom stereocenters. The van der Waals surface area contributed by atoms with Crippen molar-refractivity contribution >= 4 is 17.8 Å². The molecule has 1 aromatic rings. The van der Waals surface area contributed by atoms with Crippen LogP contribution in [0.1, 0.15) is 51.0 Å². The molecule has 0 fully saturated rings. The molecule has 1 amide bonds. The average molecular weight is 362 g/mol. The molecule has 0 radical (unpaired) electrons.